The fraction of sp³-hybridized carbons (Fsp3) is 0.167. The van der Waals surface area contributed by atoms with E-state index in [-0.39, 0.29) is 12.5 Å². The molecule has 2 heterocycles. The summed E-state index contributed by atoms with van der Waals surface area (Å²) in [6.07, 6.45) is 2.46. The summed E-state index contributed by atoms with van der Waals surface area (Å²) in [6.45, 7) is 0.773. The monoisotopic (exact) mass is 320 g/mol. The molecule has 1 amide bonds. The molecule has 0 saturated heterocycles. The predicted molar refractivity (Wildman–Crippen MR) is 87.5 cm³/mol. The highest BCUT2D eigenvalue weighted by Gasteiger charge is 2.28. The van der Waals surface area contributed by atoms with E-state index in [1.807, 2.05) is 42.5 Å². The van der Waals surface area contributed by atoms with Crippen molar-refractivity contribution in [2.75, 3.05) is 6.54 Å². The van der Waals surface area contributed by atoms with Crippen LogP contribution in [-0.2, 0) is 6.54 Å². The van der Waals surface area contributed by atoms with Gasteiger partial charge >= 0.3 is 0 Å². The SMILES string of the molecule is O=C(c1ccccc1-n1cnnc1)N1Cc2ccccc2C(O)C1. The van der Waals surface area contributed by atoms with Gasteiger partial charge in [-0.05, 0) is 23.3 Å². The third kappa shape index (κ3) is 2.47. The summed E-state index contributed by atoms with van der Waals surface area (Å²) in [7, 11) is 0. The Morgan fingerprint density at radius 2 is 1.75 bits per heavy atom. The first-order chi connectivity index (χ1) is 11.7. The van der Waals surface area contributed by atoms with Crippen LogP contribution in [0.4, 0.5) is 0 Å². The smallest absolute Gasteiger partial charge is 0.256 e. The molecule has 6 nitrogen and oxygen atoms in total. The van der Waals surface area contributed by atoms with E-state index in [1.165, 1.54) is 0 Å². The first-order valence-corrected chi connectivity index (χ1v) is 7.73. The number of aromatic nitrogens is 3. The van der Waals surface area contributed by atoms with E-state index >= 15 is 0 Å². The number of aliphatic hydroxyl groups excluding tert-OH is 1. The molecule has 120 valence electrons. The first-order valence-electron chi connectivity index (χ1n) is 7.73. The van der Waals surface area contributed by atoms with Gasteiger partial charge in [0, 0.05) is 6.54 Å². The molecule has 24 heavy (non-hydrogen) atoms. The maximum Gasteiger partial charge on any atom is 0.256 e. The Bertz CT molecular complexity index is 876. The third-order valence-corrected chi connectivity index (χ3v) is 4.29. The number of amides is 1. The van der Waals surface area contributed by atoms with E-state index in [0.29, 0.717) is 12.1 Å². The highest BCUT2D eigenvalue weighted by Crippen LogP contribution is 2.28. The van der Waals surface area contributed by atoms with Crippen LogP contribution < -0.4 is 0 Å². The summed E-state index contributed by atoms with van der Waals surface area (Å²) in [5, 5.41) is 18.0. The topological polar surface area (TPSA) is 71.2 Å². The van der Waals surface area contributed by atoms with Crippen LogP contribution in [0.15, 0.2) is 61.2 Å². The Morgan fingerprint density at radius 1 is 1.04 bits per heavy atom. The van der Waals surface area contributed by atoms with Crippen molar-refractivity contribution in [3.63, 3.8) is 0 Å². The van der Waals surface area contributed by atoms with Crippen molar-refractivity contribution in [3.05, 3.63) is 77.9 Å². The molecule has 6 heteroatoms. The molecule has 1 unspecified atom stereocenters. The van der Waals surface area contributed by atoms with Crippen LogP contribution in [0.5, 0.6) is 0 Å². The van der Waals surface area contributed by atoms with Gasteiger partial charge in [0.2, 0.25) is 0 Å². The molecule has 0 saturated carbocycles. The largest absolute Gasteiger partial charge is 0.387 e. The zero-order chi connectivity index (χ0) is 16.5. The van der Waals surface area contributed by atoms with E-state index in [0.717, 1.165) is 16.8 Å². The summed E-state index contributed by atoms with van der Waals surface area (Å²) in [6, 6.07) is 15.0. The molecule has 2 aromatic carbocycles. The standard InChI is InChI=1S/C18H16N4O2/c23-17-10-21(9-13-5-1-2-6-14(13)17)18(24)15-7-3-4-8-16(15)22-11-19-20-12-22/h1-8,11-12,17,23H,9-10H2. The number of para-hydroxylation sites is 1. The first kappa shape index (κ1) is 14.6. The number of carbonyl (C=O) groups excluding carboxylic acids is 1. The lowest BCUT2D eigenvalue weighted by Crippen LogP contribution is -2.38. The second kappa shape index (κ2) is 5.90. The van der Waals surface area contributed by atoms with Crippen molar-refractivity contribution < 1.29 is 9.90 Å². The van der Waals surface area contributed by atoms with E-state index in [4.69, 9.17) is 0 Å². The molecule has 4 rings (SSSR count). The fourth-order valence-corrected chi connectivity index (χ4v) is 3.11. The van der Waals surface area contributed by atoms with Crippen LogP contribution in [0.3, 0.4) is 0 Å². The molecule has 1 N–H and O–H groups in total. The van der Waals surface area contributed by atoms with Gasteiger partial charge in [-0.2, -0.15) is 0 Å². The lowest BCUT2D eigenvalue weighted by molar-refractivity contribution is 0.0550. The van der Waals surface area contributed by atoms with Crippen LogP contribution in [0, 0.1) is 0 Å². The molecule has 1 aliphatic heterocycles. The fourth-order valence-electron chi connectivity index (χ4n) is 3.11. The van der Waals surface area contributed by atoms with Gasteiger partial charge in [-0.25, -0.2) is 0 Å². The second-order valence-corrected chi connectivity index (χ2v) is 5.79. The molecule has 1 aliphatic rings. The van der Waals surface area contributed by atoms with Crippen LogP contribution in [0.25, 0.3) is 5.69 Å². The van der Waals surface area contributed by atoms with Gasteiger partial charge in [0.25, 0.3) is 5.91 Å². The maximum absolute atomic E-state index is 13.0. The summed E-state index contributed by atoms with van der Waals surface area (Å²) in [4.78, 5) is 14.7. The van der Waals surface area contributed by atoms with Gasteiger partial charge in [0.05, 0.1) is 23.9 Å². The molecule has 1 aromatic heterocycles. The Morgan fingerprint density at radius 3 is 2.58 bits per heavy atom. The van der Waals surface area contributed by atoms with Gasteiger partial charge in [-0.15, -0.1) is 10.2 Å². The van der Waals surface area contributed by atoms with Crippen molar-refractivity contribution in [1.82, 2.24) is 19.7 Å². The normalized spacial score (nSPS) is 16.7. The van der Waals surface area contributed by atoms with E-state index in [2.05, 4.69) is 10.2 Å². The minimum absolute atomic E-state index is 0.118. The van der Waals surface area contributed by atoms with Gasteiger partial charge in [-0.3, -0.25) is 9.36 Å². The molecule has 0 aliphatic carbocycles. The summed E-state index contributed by atoms with van der Waals surface area (Å²) >= 11 is 0. The molecule has 3 aromatic rings. The predicted octanol–water partition coefficient (Wildman–Crippen LogP) is 1.96. The summed E-state index contributed by atoms with van der Waals surface area (Å²) in [5.74, 6) is -0.118. The number of aliphatic hydroxyl groups is 1. The Kier molecular flexibility index (Phi) is 3.59. The highest BCUT2D eigenvalue weighted by atomic mass is 16.3. The zero-order valence-electron chi connectivity index (χ0n) is 12.9. The van der Waals surface area contributed by atoms with E-state index in [1.54, 1.807) is 28.2 Å². The second-order valence-electron chi connectivity index (χ2n) is 5.79. The van der Waals surface area contributed by atoms with Crippen LogP contribution in [0.1, 0.15) is 27.6 Å². The quantitative estimate of drug-likeness (QED) is 0.783. The lowest BCUT2D eigenvalue weighted by atomic mass is 9.97. The van der Waals surface area contributed by atoms with Crippen molar-refractivity contribution >= 4 is 5.91 Å². The lowest BCUT2D eigenvalue weighted by Gasteiger charge is -2.32. The molecular formula is C18H16N4O2. The Hall–Kier alpha value is -2.99. The van der Waals surface area contributed by atoms with E-state index in [9.17, 15) is 9.90 Å². The van der Waals surface area contributed by atoms with Crippen molar-refractivity contribution in [1.29, 1.82) is 0 Å². The maximum atomic E-state index is 13.0. The molecule has 0 fully saturated rings. The molecule has 0 spiro atoms. The highest BCUT2D eigenvalue weighted by molar-refractivity contribution is 5.98. The average molecular weight is 320 g/mol. The van der Waals surface area contributed by atoms with Crippen LogP contribution in [-0.4, -0.2) is 37.2 Å². The zero-order valence-corrected chi connectivity index (χ0v) is 12.9. The number of benzene rings is 2. The number of carbonyl (C=O) groups is 1. The van der Waals surface area contributed by atoms with Crippen LogP contribution in [0.2, 0.25) is 0 Å². The molecule has 1 atom stereocenters. The number of hydrogen-bond donors (Lipinski definition) is 1. The third-order valence-electron chi connectivity index (χ3n) is 4.29. The minimum Gasteiger partial charge on any atom is -0.387 e. The number of nitrogens with zero attached hydrogens (tertiary/aromatic N) is 4. The Balaban J connectivity index is 1.69. The summed E-state index contributed by atoms with van der Waals surface area (Å²) in [5.41, 5.74) is 3.16. The minimum atomic E-state index is -0.666. The number of rotatable bonds is 2. The molecular weight excluding hydrogens is 304 g/mol. The average Bonchev–Trinajstić information content (AvgIpc) is 3.15. The van der Waals surface area contributed by atoms with Gasteiger partial charge in [0.1, 0.15) is 12.7 Å². The van der Waals surface area contributed by atoms with Crippen molar-refractivity contribution in [3.8, 4) is 5.69 Å². The van der Waals surface area contributed by atoms with Crippen molar-refractivity contribution in [2.45, 2.75) is 12.6 Å². The van der Waals surface area contributed by atoms with Gasteiger partial charge in [-0.1, -0.05) is 36.4 Å². The molecule has 0 bridgehead atoms. The van der Waals surface area contributed by atoms with Crippen LogP contribution >= 0.6 is 0 Å². The summed E-state index contributed by atoms with van der Waals surface area (Å²) < 4.78 is 1.71. The molecule has 0 radical (unpaired) electrons. The Labute approximate surface area is 139 Å². The number of β-amino-alcohol motifs (C(OH)–C–C–N with tert-alkyl or cyclic N) is 1. The van der Waals surface area contributed by atoms with Crippen molar-refractivity contribution in [2.24, 2.45) is 0 Å². The number of hydrogen-bond acceptors (Lipinski definition) is 4. The van der Waals surface area contributed by atoms with Gasteiger partial charge < -0.3 is 10.0 Å². The van der Waals surface area contributed by atoms with E-state index < -0.39 is 6.10 Å². The van der Waals surface area contributed by atoms with Gasteiger partial charge in [0.15, 0.2) is 0 Å². The number of fused-ring (bicyclic) bond motifs is 1.